The molecule has 3 saturated heterocycles. The molecule has 3 fully saturated rings. The Balaban J connectivity index is 0.904. The smallest absolute Gasteiger partial charge is 0.295 e. The zero-order chi connectivity index (χ0) is 96.9. The number of imidazole rings is 1. The van der Waals surface area contributed by atoms with Crippen LogP contribution >= 0.6 is 23.2 Å². The minimum absolute atomic E-state index is 0.0733. The number of hydrogen-bond donors (Lipinski definition) is 21. The second-order valence-electron chi connectivity index (χ2n) is 34.8. The number of aromatic amines is 1. The van der Waals surface area contributed by atoms with Gasteiger partial charge in [-0.05, 0) is 147 Å². The second-order valence-corrected chi connectivity index (χ2v) is 35.6. The average molecular weight is 1910 g/mol. The lowest BCUT2D eigenvalue weighted by Crippen LogP contribution is -2.65. The summed E-state index contributed by atoms with van der Waals surface area (Å²) in [4.78, 5) is 141. The number of Topliss-reactive ketones (excluding diaryl/α,β-unsaturated/α-hetero) is 2. The van der Waals surface area contributed by atoms with Crippen LogP contribution in [0, 0.1) is 18.8 Å². The number of aromatic hydroxyl groups is 3. The summed E-state index contributed by atoms with van der Waals surface area (Å²) in [5, 5.41) is 152. The number of H-pyrrole nitrogens is 1. The number of aromatic nitrogens is 2. The number of likely N-dealkylation sites (N-methyl/N-ethyl adjacent to an activating group) is 1. The zero-order valence-electron chi connectivity index (χ0n) is 73.5. The summed E-state index contributed by atoms with van der Waals surface area (Å²) in [5.41, 5.74) is 5.38. The second kappa shape index (κ2) is 42.6. The van der Waals surface area contributed by atoms with E-state index in [2.05, 4.69) is 52.5 Å². The average Bonchev–Trinajstić information content (AvgIpc) is 1.05. The third-order valence-corrected chi connectivity index (χ3v) is 25.1. The van der Waals surface area contributed by atoms with Gasteiger partial charge in [-0.25, -0.2) is 4.98 Å². The van der Waals surface area contributed by atoms with Crippen LogP contribution in [0.5, 0.6) is 46.0 Å². The first-order valence-corrected chi connectivity index (χ1v) is 44.2. The number of nitrogens with zero attached hydrogens (tertiary/aromatic N) is 1. The Bertz CT molecular complexity index is 5720. The van der Waals surface area contributed by atoms with Crippen LogP contribution in [0.1, 0.15) is 145 Å². The highest BCUT2D eigenvalue weighted by molar-refractivity contribution is 6.32. The SMILES string of the molecule is CN[C@H](CC(C)C)C(=O)N[C@H]1C(=O)C[C@@H](CC(N)=O)C(=O)N[C@H]2C(=O)CC3C(=O)N[C@H](C(=O)N[C@@H](OC=O)c4cc(O)cc(O)c4-c4cc3ccc4O)C(O[C@H]3C[C@](C)(NCc4c[nH]cn4)[C@@H](O)[C@H](C)O3)c3ccc(c(Cl)c3)Oc3cc2cc(c3OC2O[C@H](CO)[C@@H](OC3O[C@H](CNCc4cccc(NC(=O)c5cccc(C)c5)c4)[C@H](O)[C@H](O)[C@H]3O)[C@H](O)[C@H]2O)Oc2ccc(cc2Cl)[C@H]1O. The van der Waals surface area contributed by atoms with Gasteiger partial charge < -0.3 is 152 Å². The van der Waals surface area contributed by atoms with E-state index in [4.69, 9.17) is 71.6 Å². The van der Waals surface area contributed by atoms with Crippen molar-refractivity contribution in [1.29, 1.82) is 0 Å². The molecule has 8 aliphatic heterocycles. The number of nitrogens with two attached hydrogens (primary N) is 1. The molecule has 8 aromatic rings. The molecule has 0 aliphatic carbocycles. The Morgan fingerprint density at radius 1 is 0.704 bits per heavy atom. The topological polar surface area (TPSA) is 610 Å². The number of ether oxygens (including phenoxy) is 9. The molecule has 11 bridgehead atoms. The van der Waals surface area contributed by atoms with Crippen molar-refractivity contribution in [3.63, 3.8) is 0 Å². The number of aliphatic hydroxyl groups excluding tert-OH is 8. The van der Waals surface area contributed by atoms with Gasteiger partial charge in [0, 0.05) is 91.1 Å². The molecule has 0 spiro atoms. The van der Waals surface area contributed by atoms with Crippen LogP contribution in [0.2, 0.25) is 10.0 Å². The first kappa shape index (κ1) is 99.1. The lowest BCUT2D eigenvalue weighted by molar-refractivity contribution is -0.350. The summed E-state index contributed by atoms with van der Waals surface area (Å²) in [6.45, 7) is 7.44. The molecule has 0 radical (unpaired) electrons. The molecule has 42 heteroatoms. The van der Waals surface area contributed by atoms with E-state index in [-0.39, 0.29) is 83.8 Å². The van der Waals surface area contributed by atoms with Gasteiger partial charge in [-0.2, -0.15) is 0 Å². The number of carbonyl (C=O) groups is 9. The Kier molecular flexibility index (Phi) is 31.3. The van der Waals surface area contributed by atoms with Crippen molar-refractivity contribution < 1.29 is 142 Å². The molecule has 720 valence electrons. The van der Waals surface area contributed by atoms with Gasteiger partial charge in [-0.3, -0.25) is 43.2 Å². The normalized spacial score (nSPS) is 28.5. The zero-order valence-corrected chi connectivity index (χ0v) is 75.1. The van der Waals surface area contributed by atoms with Gasteiger partial charge in [0.1, 0.15) is 108 Å². The molecule has 1 aromatic heterocycles. The Morgan fingerprint density at radius 2 is 1.40 bits per heavy atom. The van der Waals surface area contributed by atoms with E-state index in [0.29, 0.717) is 22.5 Å². The third-order valence-electron chi connectivity index (χ3n) is 24.5. The van der Waals surface area contributed by atoms with Crippen LogP contribution in [-0.4, -0.2) is 243 Å². The Hall–Kier alpha value is -11.9. The predicted octanol–water partition coefficient (Wildman–Crippen LogP) is 3.86. The largest absolute Gasteiger partial charge is 0.508 e. The highest BCUT2D eigenvalue weighted by Gasteiger charge is 2.54. The summed E-state index contributed by atoms with van der Waals surface area (Å²) in [7, 11) is 1.49. The molecular weight excluding hydrogens is 1810 g/mol. The van der Waals surface area contributed by atoms with E-state index in [9.17, 15) is 75.3 Å². The Labute approximate surface area is 781 Å². The molecule has 16 rings (SSSR count). The molecule has 135 heavy (non-hydrogen) atoms. The van der Waals surface area contributed by atoms with Gasteiger partial charge >= 0.3 is 0 Å². The minimum atomic E-state index is -2.37. The van der Waals surface area contributed by atoms with E-state index >= 15 is 24.0 Å². The molecular formula is C93H105Cl2N11O29. The lowest BCUT2D eigenvalue weighted by Gasteiger charge is -2.46. The highest BCUT2D eigenvalue weighted by Crippen LogP contribution is 2.51. The number of rotatable bonds is 25. The van der Waals surface area contributed by atoms with Crippen LogP contribution in [-0.2, 0) is 79.9 Å². The Morgan fingerprint density at radius 3 is 2.07 bits per heavy atom. The molecule has 23 atom stereocenters. The fraction of sp³-hybridized carbons (Fsp3) is 0.419. The van der Waals surface area contributed by atoms with Crippen molar-refractivity contribution in [2.45, 2.75) is 214 Å². The number of phenols is 3. The first-order valence-electron chi connectivity index (χ1n) is 43.4. The summed E-state index contributed by atoms with van der Waals surface area (Å²) in [6, 6.07) is 21.0. The summed E-state index contributed by atoms with van der Waals surface area (Å²) < 4.78 is 57.7. The number of anilines is 1. The van der Waals surface area contributed by atoms with Gasteiger partial charge in [0.05, 0.1) is 58.8 Å². The lowest BCUT2D eigenvalue weighted by atomic mass is 9.84. The summed E-state index contributed by atoms with van der Waals surface area (Å²) >= 11 is 14.7. The molecule has 4 unspecified atom stereocenters. The monoisotopic (exact) mass is 1910 g/mol. The maximum atomic E-state index is 16.7. The van der Waals surface area contributed by atoms with E-state index in [1.807, 2.05) is 26.8 Å². The summed E-state index contributed by atoms with van der Waals surface area (Å²) in [5.74, 6) is -17.5. The number of amides is 6. The van der Waals surface area contributed by atoms with Crippen molar-refractivity contribution in [3.8, 4) is 57.1 Å². The molecule has 8 aliphatic rings. The number of halogens is 2. The number of carbonyl (C=O) groups excluding carboxylic acids is 9. The van der Waals surface area contributed by atoms with E-state index < -0.39 is 269 Å². The number of aliphatic hydroxyl groups is 8. The third kappa shape index (κ3) is 22.5. The number of fused-ring (bicyclic) bond motifs is 15. The predicted molar refractivity (Wildman–Crippen MR) is 476 cm³/mol. The first-order chi connectivity index (χ1) is 64.4. The molecule has 40 nitrogen and oxygen atoms in total. The number of benzene rings is 7. The standard InChI is InChI=1S/C93H105Cl2N11O29/c1-40(2)19-58(97-6)88(125)104-73-61(112)25-49(28-69(96)114)86(123)103-72-48-26-65(129-63-17-14-45(75(73)115)23-56(63)94)82(134-92-80(120)78(118)83(68(37-107)132-92)135-91-79(119)77(117)76(116)67(131-91)36-98-33-43-10-8-12-50(21-43)102-85(122)47-11-7-9-41(3)20-47)66(27-48)130-64-18-15-46(24-57(64)95)81(133-70-32-93(5,84(121)42(4)128-70)101-35-51-34-99-38-100-51)74-89(126)106-90(127-39-108)55-29-52(109)30-60(111)71(55)54-22-44(13-16-59(54)110)53(31-62(72)113)87(124)105-74/h7-18,20-24,26-27,29-30,34,38-40,42,49,53,58,67-68,70,72-81,83-84,90-92,97-98,101,107,109-111,115-121H,19,25,28,31-33,35-37H2,1-6H3,(H2,96,114)(H,99,100)(H,102,122)(H,103,123)(H,104,125)(H,105,124)(H,106,126)/t42-,49-,53?,58+,67+,68+,70-,72+,73-,74-,75+,76-,77-,78+,79+,80+,81?,83+,84-,90-,91?,92?,93-/m0/s1. The fourth-order valence-electron chi connectivity index (χ4n) is 17.4. The molecule has 6 amide bonds. The van der Waals surface area contributed by atoms with Crippen molar-refractivity contribution in [2.75, 3.05) is 25.5 Å². The number of hydrogen-bond acceptors (Lipinski definition) is 33. The van der Waals surface area contributed by atoms with Crippen LogP contribution in [0.25, 0.3) is 11.1 Å². The molecule has 22 N–H and O–H groups in total. The number of nitrogens with one attached hydrogen (secondary N) is 9. The van der Waals surface area contributed by atoms with E-state index in [1.54, 1.807) is 55.6 Å². The van der Waals surface area contributed by atoms with E-state index in [1.165, 1.54) is 56.7 Å². The molecule has 7 aromatic carbocycles. The van der Waals surface area contributed by atoms with Crippen molar-refractivity contribution in [1.82, 2.24) is 47.2 Å². The van der Waals surface area contributed by atoms with Crippen LogP contribution < -0.4 is 62.5 Å². The van der Waals surface area contributed by atoms with Crippen molar-refractivity contribution >= 4 is 82.4 Å². The van der Waals surface area contributed by atoms with Gasteiger partial charge in [0.15, 0.2) is 35.6 Å². The minimum Gasteiger partial charge on any atom is -0.508 e. The van der Waals surface area contributed by atoms with Crippen LogP contribution in [0.4, 0.5) is 5.69 Å². The maximum absolute atomic E-state index is 16.7. The van der Waals surface area contributed by atoms with Crippen molar-refractivity contribution in [3.05, 3.63) is 200 Å². The van der Waals surface area contributed by atoms with Gasteiger partial charge in [0.25, 0.3) is 12.4 Å². The molecule has 0 saturated carbocycles. The quantitative estimate of drug-likeness (QED) is 0.0361. The van der Waals surface area contributed by atoms with Crippen molar-refractivity contribution in [2.24, 2.45) is 17.6 Å². The van der Waals surface area contributed by atoms with Gasteiger partial charge in [-0.1, -0.05) is 85.1 Å². The van der Waals surface area contributed by atoms with Crippen LogP contribution in [0.15, 0.2) is 140 Å². The van der Waals surface area contributed by atoms with Gasteiger partial charge in [-0.15, -0.1) is 0 Å². The number of primary amides is 1. The molecule has 9 heterocycles. The number of aryl methyl sites for hydroxylation is 1. The number of phenolic OH excluding ortho intramolecular Hbond substituents is 3. The fourth-order valence-corrected chi connectivity index (χ4v) is 17.8. The van der Waals surface area contributed by atoms with Crippen LogP contribution in [0.3, 0.4) is 0 Å². The van der Waals surface area contributed by atoms with Gasteiger partial charge in [0.2, 0.25) is 47.8 Å². The highest BCUT2D eigenvalue weighted by atomic mass is 35.5. The maximum Gasteiger partial charge on any atom is 0.295 e. The van der Waals surface area contributed by atoms with E-state index in [0.717, 1.165) is 48.0 Å². The summed E-state index contributed by atoms with van der Waals surface area (Å²) in [6.07, 6.45) is -30.0. The number of ketones is 2.